The van der Waals surface area contributed by atoms with Gasteiger partial charge >= 0.3 is 5.97 Å². The number of carbonyl (C=O) groups is 1. The van der Waals surface area contributed by atoms with Crippen molar-refractivity contribution in [3.05, 3.63) is 69.9 Å². The third kappa shape index (κ3) is 2.41. The Morgan fingerprint density at radius 1 is 1.23 bits per heavy atom. The van der Waals surface area contributed by atoms with Gasteiger partial charge in [-0.05, 0) is 31.2 Å². The van der Waals surface area contributed by atoms with Gasteiger partial charge in [-0.2, -0.15) is 0 Å². The largest absolute Gasteiger partial charge is 0.463 e. The minimum Gasteiger partial charge on any atom is -0.463 e. The fourth-order valence-corrected chi connectivity index (χ4v) is 2.49. The summed E-state index contributed by atoms with van der Waals surface area (Å²) >= 11 is 0. The minimum absolute atomic E-state index is 0.000885. The Morgan fingerprint density at radius 3 is 2.77 bits per heavy atom. The molecule has 0 N–H and O–H groups in total. The summed E-state index contributed by atoms with van der Waals surface area (Å²) in [7, 11) is 1.31. The molecule has 1 aromatic carbocycles. The van der Waals surface area contributed by atoms with Crippen molar-refractivity contribution in [1.29, 1.82) is 0 Å². The second-order valence-electron chi connectivity index (χ2n) is 5.01. The third-order valence-corrected chi connectivity index (χ3v) is 3.59. The van der Waals surface area contributed by atoms with E-state index in [1.807, 2.05) is 29.7 Å². The van der Waals surface area contributed by atoms with Crippen LogP contribution in [0.4, 0.5) is 0 Å². The maximum atomic E-state index is 12.0. The molecule has 5 heteroatoms. The summed E-state index contributed by atoms with van der Waals surface area (Å²) < 4.78 is 12.1. The number of carbonyl (C=O) groups excluding carboxylic acids is 1. The van der Waals surface area contributed by atoms with Crippen LogP contribution in [0.15, 0.2) is 51.7 Å². The number of benzene rings is 1. The molecule has 0 spiro atoms. The summed E-state index contributed by atoms with van der Waals surface area (Å²) in [5, 5.41) is 0.660. The number of fused-ring (bicyclic) bond motifs is 1. The molecule has 2 heterocycles. The molecule has 0 unspecified atom stereocenters. The molecular weight excluding hydrogens is 282 g/mol. The van der Waals surface area contributed by atoms with Crippen molar-refractivity contribution in [1.82, 2.24) is 4.57 Å². The van der Waals surface area contributed by atoms with E-state index >= 15 is 0 Å². The number of aromatic nitrogens is 1. The zero-order valence-electron chi connectivity index (χ0n) is 12.3. The van der Waals surface area contributed by atoms with Crippen molar-refractivity contribution < 1.29 is 13.9 Å². The highest BCUT2D eigenvalue weighted by Gasteiger charge is 2.13. The molecule has 3 aromatic rings. The van der Waals surface area contributed by atoms with E-state index in [4.69, 9.17) is 4.42 Å². The van der Waals surface area contributed by atoms with Crippen molar-refractivity contribution in [2.45, 2.75) is 13.5 Å². The zero-order chi connectivity index (χ0) is 15.7. The summed E-state index contributed by atoms with van der Waals surface area (Å²) in [5.41, 5.74) is 1.67. The normalized spacial score (nSPS) is 10.8. The van der Waals surface area contributed by atoms with Crippen LogP contribution in [0.2, 0.25) is 0 Å². The molecule has 22 heavy (non-hydrogen) atoms. The minimum atomic E-state index is -0.507. The van der Waals surface area contributed by atoms with Crippen LogP contribution in [0.3, 0.4) is 0 Å². The zero-order valence-corrected chi connectivity index (χ0v) is 12.3. The number of rotatable bonds is 3. The van der Waals surface area contributed by atoms with E-state index in [0.29, 0.717) is 17.7 Å². The molecule has 0 aliphatic rings. The summed E-state index contributed by atoms with van der Waals surface area (Å²) in [5.74, 6) is 0.283. The number of para-hydroxylation sites is 1. The van der Waals surface area contributed by atoms with Crippen LogP contribution in [0.1, 0.15) is 22.0 Å². The van der Waals surface area contributed by atoms with Gasteiger partial charge in [-0.25, -0.2) is 4.79 Å². The van der Waals surface area contributed by atoms with Crippen LogP contribution in [-0.4, -0.2) is 17.6 Å². The van der Waals surface area contributed by atoms with E-state index in [0.717, 1.165) is 11.2 Å². The molecule has 0 amide bonds. The van der Waals surface area contributed by atoms with Gasteiger partial charge in [0.25, 0.3) is 0 Å². The quantitative estimate of drug-likeness (QED) is 0.697. The summed E-state index contributed by atoms with van der Waals surface area (Å²) in [6, 6.07) is 12.3. The summed E-state index contributed by atoms with van der Waals surface area (Å²) in [6.45, 7) is 2.31. The lowest BCUT2D eigenvalue weighted by atomic mass is 10.2. The molecule has 0 saturated carbocycles. The highest BCUT2D eigenvalue weighted by atomic mass is 16.5. The van der Waals surface area contributed by atoms with E-state index in [-0.39, 0.29) is 11.2 Å². The molecule has 0 aliphatic heterocycles. The average Bonchev–Trinajstić information content (AvgIpc) is 2.99. The monoisotopic (exact) mass is 297 g/mol. The summed E-state index contributed by atoms with van der Waals surface area (Å²) in [6.07, 6.45) is 0. The van der Waals surface area contributed by atoms with E-state index in [1.54, 1.807) is 24.3 Å². The number of hydrogen-bond donors (Lipinski definition) is 0. The maximum absolute atomic E-state index is 12.0. The van der Waals surface area contributed by atoms with Crippen LogP contribution in [0, 0.1) is 6.92 Å². The van der Waals surface area contributed by atoms with E-state index in [1.165, 1.54) is 7.11 Å². The van der Waals surface area contributed by atoms with Gasteiger partial charge in [0.1, 0.15) is 5.76 Å². The molecule has 3 rings (SSSR count). The Hall–Kier alpha value is -2.82. The predicted molar refractivity (Wildman–Crippen MR) is 82.1 cm³/mol. The number of hydrogen-bond acceptors (Lipinski definition) is 4. The highest BCUT2D eigenvalue weighted by molar-refractivity contribution is 5.86. The fourth-order valence-electron chi connectivity index (χ4n) is 2.49. The second-order valence-corrected chi connectivity index (χ2v) is 5.01. The number of ether oxygens (including phenoxy) is 1. The fraction of sp³-hybridized carbons (Fsp3) is 0.176. The van der Waals surface area contributed by atoms with Gasteiger partial charge < -0.3 is 13.7 Å². The van der Waals surface area contributed by atoms with Gasteiger partial charge in [0.15, 0.2) is 5.43 Å². The summed E-state index contributed by atoms with van der Waals surface area (Å²) in [4.78, 5) is 23.5. The van der Waals surface area contributed by atoms with Gasteiger partial charge in [-0.3, -0.25) is 4.79 Å². The topological polar surface area (TPSA) is 61.4 Å². The first kappa shape index (κ1) is 14.1. The van der Waals surface area contributed by atoms with Crippen molar-refractivity contribution in [3.63, 3.8) is 0 Å². The lowest BCUT2D eigenvalue weighted by Crippen LogP contribution is -2.12. The molecule has 0 saturated heterocycles. The van der Waals surface area contributed by atoms with Crippen LogP contribution in [-0.2, 0) is 11.3 Å². The van der Waals surface area contributed by atoms with Gasteiger partial charge in [0.2, 0.25) is 5.76 Å². The van der Waals surface area contributed by atoms with Gasteiger partial charge in [0, 0.05) is 17.1 Å². The number of aryl methyl sites for hydroxylation is 1. The number of pyridine rings is 1. The Morgan fingerprint density at radius 2 is 2.00 bits per heavy atom. The standard InChI is InChI=1S/C17H15NO4/c1-11-9-15(19)13-5-3-4-6-14(13)18(11)10-12-7-8-16(22-12)17(20)21-2/h3-9H,10H2,1-2H3. The highest BCUT2D eigenvalue weighted by Crippen LogP contribution is 2.17. The van der Waals surface area contributed by atoms with Crippen molar-refractivity contribution >= 4 is 16.9 Å². The lowest BCUT2D eigenvalue weighted by Gasteiger charge is -2.13. The van der Waals surface area contributed by atoms with Gasteiger partial charge in [-0.15, -0.1) is 0 Å². The van der Waals surface area contributed by atoms with E-state index in [2.05, 4.69) is 4.74 Å². The van der Waals surface area contributed by atoms with E-state index in [9.17, 15) is 9.59 Å². The molecule has 5 nitrogen and oxygen atoms in total. The SMILES string of the molecule is COC(=O)c1ccc(Cn2c(C)cc(=O)c3ccccc32)o1. The first-order valence-corrected chi connectivity index (χ1v) is 6.86. The Kier molecular flexibility index (Phi) is 3.55. The third-order valence-electron chi connectivity index (χ3n) is 3.59. The maximum Gasteiger partial charge on any atom is 0.373 e. The van der Waals surface area contributed by atoms with Crippen LogP contribution in [0.5, 0.6) is 0 Å². The molecule has 0 atom stereocenters. The number of furan rings is 1. The Labute approximate surface area is 126 Å². The molecule has 2 aromatic heterocycles. The number of esters is 1. The molecule has 0 bridgehead atoms. The Bertz CT molecular complexity index is 904. The lowest BCUT2D eigenvalue weighted by molar-refractivity contribution is 0.0563. The smallest absolute Gasteiger partial charge is 0.373 e. The molecule has 0 fully saturated rings. The van der Waals surface area contributed by atoms with Crippen molar-refractivity contribution in [2.24, 2.45) is 0 Å². The van der Waals surface area contributed by atoms with Gasteiger partial charge in [-0.1, -0.05) is 12.1 Å². The van der Waals surface area contributed by atoms with Crippen molar-refractivity contribution in [2.75, 3.05) is 7.11 Å². The first-order valence-electron chi connectivity index (χ1n) is 6.86. The van der Waals surface area contributed by atoms with Crippen molar-refractivity contribution in [3.8, 4) is 0 Å². The molecular formula is C17H15NO4. The first-order chi connectivity index (χ1) is 10.6. The van der Waals surface area contributed by atoms with Gasteiger partial charge in [0.05, 0.1) is 19.2 Å². The van der Waals surface area contributed by atoms with Crippen LogP contribution in [0.25, 0.3) is 10.9 Å². The predicted octanol–water partition coefficient (Wildman–Crippen LogP) is 2.74. The molecule has 0 aliphatic carbocycles. The Balaban J connectivity index is 2.06. The second kappa shape index (κ2) is 5.52. The average molecular weight is 297 g/mol. The molecule has 0 radical (unpaired) electrons. The molecule has 112 valence electrons. The van der Waals surface area contributed by atoms with Crippen LogP contribution >= 0.6 is 0 Å². The van der Waals surface area contributed by atoms with E-state index < -0.39 is 5.97 Å². The number of methoxy groups -OCH3 is 1. The number of nitrogens with zero attached hydrogens (tertiary/aromatic N) is 1. The van der Waals surface area contributed by atoms with Crippen LogP contribution < -0.4 is 5.43 Å².